The SMILES string of the molecule is CC1CCC(C)N(S(=O)(=O)c2cc(Cl)ccc2N)C1. The van der Waals surface area contributed by atoms with Gasteiger partial charge >= 0.3 is 0 Å². The van der Waals surface area contributed by atoms with E-state index in [0.717, 1.165) is 12.8 Å². The highest BCUT2D eigenvalue weighted by Crippen LogP contribution is 2.31. The monoisotopic (exact) mass is 302 g/mol. The largest absolute Gasteiger partial charge is 0.398 e. The standard InChI is InChI=1S/C13H19ClN2O2S/c1-9-3-4-10(2)16(8-9)19(17,18)13-7-11(14)5-6-12(13)15/h5-7,9-10H,3-4,8,15H2,1-2H3. The molecule has 2 rings (SSSR count). The van der Waals surface area contributed by atoms with Gasteiger partial charge in [0, 0.05) is 17.6 Å². The third-order valence-corrected chi connectivity index (χ3v) is 5.89. The molecule has 19 heavy (non-hydrogen) atoms. The van der Waals surface area contributed by atoms with Gasteiger partial charge in [-0.3, -0.25) is 0 Å². The molecule has 1 aliphatic rings. The fourth-order valence-corrected chi connectivity index (χ4v) is 4.60. The van der Waals surface area contributed by atoms with Crippen molar-refractivity contribution in [3.8, 4) is 0 Å². The quantitative estimate of drug-likeness (QED) is 0.854. The van der Waals surface area contributed by atoms with Crippen LogP contribution in [0.25, 0.3) is 0 Å². The van der Waals surface area contributed by atoms with Crippen molar-refractivity contribution in [3.63, 3.8) is 0 Å². The first-order valence-electron chi connectivity index (χ1n) is 6.39. The molecule has 2 atom stereocenters. The molecule has 0 spiro atoms. The number of nitrogens with two attached hydrogens (primary N) is 1. The molecule has 1 aliphatic heterocycles. The third kappa shape index (κ3) is 2.88. The molecule has 1 fully saturated rings. The first-order valence-corrected chi connectivity index (χ1v) is 8.21. The highest BCUT2D eigenvalue weighted by Gasteiger charge is 2.34. The second kappa shape index (κ2) is 5.31. The van der Waals surface area contributed by atoms with E-state index in [9.17, 15) is 8.42 Å². The lowest BCUT2D eigenvalue weighted by molar-refractivity contribution is 0.218. The molecule has 1 aromatic carbocycles. The summed E-state index contributed by atoms with van der Waals surface area (Å²) >= 11 is 5.89. The molecule has 1 heterocycles. The fraction of sp³-hybridized carbons (Fsp3) is 0.538. The molecule has 0 amide bonds. The maximum absolute atomic E-state index is 12.7. The molecule has 6 heteroatoms. The van der Waals surface area contributed by atoms with Crippen LogP contribution in [-0.4, -0.2) is 25.3 Å². The fourth-order valence-electron chi connectivity index (χ4n) is 2.44. The maximum atomic E-state index is 12.7. The molecule has 0 bridgehead atoms. The van der Waals surface area contributed by atoms with Crippen LogP contribution in [0, 0.1) is 5.92 Å². The van der Waals surface area contributed by atoms with Crippen molar-refractivity contribution in [1.29, 1.82) is 0 Å². The van der Waals surface area contributed by atoms with Crippen LogP contribution in [0.5, 0.6) is 0 Å². The lowest BCUT2D eigenvalue weighted by Gasteiger charge is -2.35. The normalized spacial score (nSPS) is 25.4. The Morgan fingerprint density at radius 2 is 2.00 bits per heavy atom. The zero-order valence-corrected chi connectivity index (χ0v) is 12.7. The summed E-state index contributed by atoms with van der Waals surface area (Å²) in [6.07, 6.45) is 1.93. The Hall–Kier alpha value is -0.780. The molecule has 4 nitrogen and oxygen atoms in total. The number of benzene rings is 1. The van der Waals surface area contributed by atoms with Crippen LogP contribution in [0.2, 0.25) is 5.02 Å². The summed E-state index contributed by atoms with van der Waals surface area (Å²) in [4.78, 5) is 0.112. The Morgan fingerprint density at radius 1 is 1.32 bits per heavy atom. The Balaban J connectivity index is 2.44. The van der Waals surface area contributed by atoms with Gasteiger partial charge in [-0.1, -0.05) is 18.5 Å². The molecular weight excluding hydrogens is 284 g/mol. The third-order valence-electron chi connectivity index (χ3n) is 3.62. The van der Waals surface area contributed by atoms with E-state index in [-0.39, 0.29) is 16.6 Å². The van der Waals surface area contributed by atoms with E-state index < -0.39 is 10.0 Å². The van der Waals surface area contributed by atoms with Gasteiger partial charge in [-0.2, -0.15) is 4.31 Å². The number of anilines is 1. The van der Waals surface area contributed by atoms with E-state index in [0.29, 0.717) is 17.5 Å². The summed E-state index contributed by atoms with van der Waals surface area (Å²) in [6.45, 7) is 4.54. The van der Waals surface area contributed by atoms with Gasteiger partial charge in [0.2, 0.25) is 10.0 Å². The molecule has 2 unspecified atom stereocenters. The summed E-state index contributed by atoms with van der Waals surface area (Å²) in [7, 11) is -3.57. The van der Waals surface area contributed by atoms with Crippen LogP contribution in [-0.2, 0) is 10.0 Å². The Bertz CT molecular complexity index is 574. The average molecular weight is 303 g/mol. The van der Waals surface area contributed by atoms with E-state index in [4.69, 9.17) is 17.3 Å². The number of hydrogen-bond acceptors (Lipinski definition) is 3. The van der Waals surface area contributed by atoms with Gasteiger partial charge in [-0.15, -0.1) is 0 Å². The average Bonchev–Trinajstić information content (AvgIpc) is 2.35. The van der Waals surface area contributed by atoms with Crippen molar-refractivity contribution in [3.05, 3.63) is 23.2 Å². The smallest absolute Gasteiger partial charge is 0.245 e. The van der Waals surface area contributed by atoms with E-state index in [1.807, 2.05) is 6.92 Å². The highest BCUT2D eigenvalue weighted by atomic mass is 35.5. The number of hydrogen-bond donors (Lipinski definition) is 1. The number of rotatable bonds is 2. The van der Waals surface area contributed by atoms with Crippen LogP contribution < -0.4 is 5.73 Å². The number of nitrogen functional groups attached to an aromatic ring is 1. The lowest BCUT2D eigenvalue weighted by Crippen LogP contribution is -2.44. The molecular formula is C13H19ClN2O2S. The summed E-state index contributed by atoms with van der Waals surface area (Å²) in [5.74, 6) is 0.367. The maximum Gasteiger partial charge on any atom is 0.245 e. The van der Waals surface area contributed by atoms with Crippen molar-refractivity contribution in [2.24, 2.45) is 5.92 Å². The minimum atomic E-state index is -3.57. The van der Waals surface area contributed by atoms with E-state index >= 15 is 0 Å². The van der Waals surface area contributed by atoms with Gasteiger partial charge in [0.05, 0.1) is 5.69 Å². The molecule has 0 radical (unpaired) electrons. The zero-order valence-electron chi connectivity index (χ0n) is 11.1. The molecule has 1 aromatic rings. The summed E-state index contributed by atoms with van der Waals surface area (Å²) in [6, 6.07) is 4.56. The van der Waals surface area contributed by atoms with E-state index in [1.165, 1.54) is 12.1 Å². The number of nitrogens with zero attached hydrogens (tertiary/aromatic N) is 1. The topological polar surface area (TPSA) is 63.4 Å². The van der Waals surface area contributed by atoms with Gasteiger partial charge in [0.25, 0.3) is 0 Å². The molecule has 0 saturated carbocycles. The second-order valence-corrected chi connectivity index (χ2v) is 7.58. The minimum Gasteiger partial charge on any atom is -0.398 e. The molecule has 1 saturated heterocycles. The predicted molar refractivity (Wildman–Crippen MR) is 77.6 cm³/mol. The van der Waals surface area contributed by atoms with Gasteiger partial charge in [0.15, 0.2) is 0 Å². The van der Waals surface area contributed by atoms with Crippen molar-refractivity contribution >= 4 is 27.3 Å². The lowest BCUT2D eigenvalue weighted by atomic mass is 9.97. The van der Waals surface area contributed by atoms with Crippen molar-refractivity contribution in [2.75, 3.05) is 12.3 Å². The van der Waals surface area contributed by atoms with Crippen LogP contribution in [0.15, 0.2) is 23.1 Å². The number of halogens is 1. The second-order valence-electron chi connectivity index (χ2n) is 5.29. The number of sulfonamides is 1. The first-order chi connectivity index (χ1) is 8.82. The van der Waals surface area contributed by atoms with Gasteiger partial charge in [-0.25, -0.2) is 8.42 Å². The first kappa shape index (κ1) is 14.6. The van der Waals surface area contributed by atoms with Gasteiger partial charge < -0.3 is 5.73 Å². The zero-order chi connectivity index (χ0) is 14.2. The Kier molecular flexibility index (Phi) is 4.08. The van der Waals surface area contributed by atoms with Crippen LogP contribution in [0.4, 0.5) is 5.69 Å². The predicted octanol–water partition coefficient (Wildman–Crippen LogP) is 2.73. The van der Waals surface area contributed by atoms with Crippen LogP contribution >= 0.6 is 11.6 Å². The van der Waals surface area contributed by atoms with Crippen molar-refractivity contribution < 1.29 is 8.42 Å². The summed E-state index contributed by atoms with van der Waals surface area (Å²) < 4.78 is 27.0. The minimum absolute atomic E-state index is 0.000387. The Labute approximate surface area is 119 Å². The summed E-state index contributed by atoms with van der Waals surface area (Å²) in [5.41, 5.74) is 6.04. The van der Waals surface area contributed by atoms with Crippen LogP contribution in [0.3, 0.4) is 0 Å². The molecule has 106 valence electrons. The van der Waals surface area contributed by atoms with Crippen molar-refractivity contribution in [1.82, 2.24) is 4.31 Å². The van der Waals surface area contributed by atoms with E-state index in [1.54, 1.807) is 10.4 Å². The summed E-state index contributed by atoms with van der Waals surface area (Å²) in [5, 5.41) is 0.380. The highest BCUT2D eigenvalue weighted by molar-refractivity contribution is 7.89. The van der Waals surface area contributed by atoms with Gasteiger partial charge in [0.1, 0.15) is 4.90 Å². The molecule has 2 N–H and O–H groups in total. The molecule has 0 aromatic heterocycles. The van der Waals surface area contributed by atoms with Crippen molar-refractivity contribution in [2.45, 2.75) is 37.6 Å². The van der Waals surface area contributed by atoms with Gasteiger partial charge in [-0.05, 0) is 43.9 Å². The Morgan fingerprint density at radius 3 is 2.68 bits per heavy atom. The van der Waals surface area contributed by atoms with E-state index in [2.05, 4.69) is 6.92 Å². The molecule has 0 aliphatic carbocycles. The number of piperidine rings is 1. The van der Waals surface area contributed by atoms with Crippen LogP contribution in [0.1, 0.15) is 26.7 Å².